The number of rotatable bonds is 4. The second-order valence-corrected chi connectivity index (χ2v) is 4.83. The minimum Gasteiger partial charge on any atom is -0.325 e. The average Bonchev–Trinajstić information content (AvgIpc) is 2.41. The Labute approximate surface area is 118 Å². The molecule has 0 saturated heterocycles. The molecule has 19 heavy (non-hydrogen) atoms. The molecule has 6 heteroatoms. The zero-order valence-electron chi connectivity index (χ0n) is 10.0. The summed E-state index contributed by atoms with van der Waals surface area (Å²) in [6.45, 7) is 0.338. The highest BCUT2D eigenvalue weighted by Gasteiger charge is 2.04. The van der Waals surface area contributed by atoms with E-state index >= 15 is 0 Å². The number of nitrogens with zero attached hydrogens (tertiary/aromatic N) is 2. The molecular weight excluding hydrogens is 310 g/mol. The third-order valence-corrected chi connectivity index (χ3v) is 2.94. The number of aryl methyl sites for hydroxylation is 1. The molecule has 2 aromatic heterocycles. The number of anilines is 1. The Bertz CT molecular complexity index is 625. The lowest BCUT2D eigenvalue weighted by Crippen LogP contribution is -2.22. The number of carbonyl (C=O) groups is 1. The highest BCUT2D eigenvalue weighted by Crippen LogP contribution is 2.06. The van der Waals surface area contributed by atoms with Crippen LogP contribution in [0.4, 0.5) is 5.69 Å². The first-order valence-electron chi connectivity index (χ1n) is 5.71. The lowest BCUT2D eigenvalue weighted by Gasteiger charge is -2.07. The Morgan fingerprint density at radius 1 is 1.37 bits per heavy atom. The quantitative estimate of drug-likeness (QED) is 0.937. The molecule has 0 atom stereocenters. The van der Waals surface area contributed by atoms with Crippen LogP contribution in [-0.2, 0) is 11.3 Å². The molecule has 5 nitrogen and oxygen atoms in total. The van der Waals surface area contributed by atoms with Crippen LogP contribution in [0.3, 0.4) is 0 Å². The maximum Gasteiger partial charge on any atom is 0.250 e. The third kappa shape index (κ3) is 4.03. The summed E-state index contributed by atoms with van der Waals surface area (Å²) in [6.07, 6.45) is 5.10. The van der Waals surface area contributed by atoms with Crippen molar-refractivity contribution < 1.29 is 4.79 Å². The summed E-state index contributed by atoms with van der Waals surface area (Å²) in [6, 6.07) is 6.64. The van der Waals surface area contributed by atoms with E-state index in [9.17, 15) is 9.59 Å². The molecule has 0 aliphatic rings. The highest BCUT2D eigenvalue weighted by atomic mass is 79.9. The number of pyridine rings is 2. The van der Waals surface area contributed by atoms with Crippen LogP contribution in [0.2, 0.25) is 0 Å². The van der Waals surface area contributed by atoms with E-state index in [4.69, 9.17) is 0 Å². The highest BCUT2D eigenvalue weighted by molar-refractivity contribution is 9.10. The average molecular weight is 322 g/mol. The predicted octanol–water partition coefficient (Wildman–Crippen LogP) is 2.03. The van der Waals surface area contributed by atoms with E-state index in [0.29, 0.717) is 12.2 Å². The lowest BCUT2D eigenvalue weighted by atomic mass is 10.3. The number of carbonyl (C=O) groups excluding carboxylic acids is 1. The molecule has 0 bridgehead atoms. The van der Waals surface area contributed by atoms with Gasteiger partial charge in [0.1, 0.15) is 0 Å². The van der Waals surface area contributed by atoms with E-state index < -0.39 is 0 Å². The summed E-state index contributed by atoms with van der Waals surface area (Å²) >= 11 is 3.29. The Morgan fingerprint density at radius 2 is 2.21 bits per heavy atom. The normalized spacial score (nSPS) is 10.2. The van der Waals surface area contributed by atoms with E-state index in [2.05, 4.69) is 26.2 Å². The molecule has 0 fully saturated rings. The molecule has 0 saturated carbocycles. The Morgan fingerprint density at radius 3 is 2.95 bits per heavy atom. The van der Waals surface area contributed by atoms with Gasteiger partial charge in [-0.25, -0.2) is 0 Å². The zero-order chi connectivity index (χ0) is 13.7. The molecule has 0 aromatic carbocycles. The van der Waals surface area contributed by atoms with Crippen molar-refractivity contribution in [1.29, 1.82) is 0 Å². The van der Waals surface area contributed by atoms with Gasteiger partial charge in [-0.05, 0) is 34.1 Å². The van der Waals surface area contributed by atoms with Gasteiger partial charge in [0.25, 0.3) is 5.56 Å². The van der Waals surface area contributed by atoms with Gasteiger partial charge >= 0.3 is 0 Å². The third-order valence-electron chi connectivity index (χ3n) is 2.47. The van der Waals surface area contributed by atoms with Gasteiger partial charge in [-0.3, -0.25) is 14.6 Å². The number of hydrogen-bond acceptors (Lipinski definition) is 3. The summed E-state index contributed by atoms with van der Waals surface area (Å²) < 4.78 is 2.30. The van der Waals surface area contributed by atoms with Crippen LogP contribution in [0, 0.1) is 0 Å². The van der Waals surface area contributed by atoms with Crippen molar-refractivity contribution in [3.8, 4) is 0 Å². The monoisotopic (exact) mass is 321 g/mol. The van der Waals surface area contributed by atoms with Crippen molar-refractivity contribution in [2.75, 3.05) is 5.32 Å². The Kier molecular flexibility index (Phi) is 4.46. The van der Waals surface area contributed by atoms with Crippen LogP contribution in [0.5, 0.6) is 0 Å². The van der Waals surface area contributed by atoms with Gasteiger partial charge in [-0.15, -0.1) is 0 Å². The second-order valence-electron chi connectivity index (χ2n) is 3.92. The fourth-order valence-electron chi connectivity index (χ4n) is 1.56. The minimum atomic E-state index is -0.153. The summed E-state index contributed by atoms with van der Waals surface area (Å²) in [4.78, 5) is 27.2. The van der Waals surface area contributed by atoms with Gasteiger partial charge in [0.15, 0.2) is 0 Å². The van der Waals surface area contributed by atoms with E-state index in [1.165, 1.54) is 10.6 Å². The van der Waals surface area contributed by atoms with Gasteiger partial charge in [-0.1, -0.05) is 0 Å². The number of hydrogen-bond donors (Lipinski definition) is 1. The largest absolute Gasteiger partial charge is 0.325 e. The number of aromatic nitrogens is 2. The van der Waals surface area contributed by atoms with Gasteiger partial charge in [0.2, 0.25) is 5.91 Å². The van der Waals surface area contributed by atoms with Gasteiger partial charge in [-0.2, -0.15) is 0 Å². The van der Waals surface area contributed by atoms with E-state index in [-0.39, 0.29) is 17.9 Å². The van der Waals surface area contributed by atoms with Crippen LogP contribution in [0.15, 0.2) is 52.1 Å². The van der Waals surface area contributed by atoms with Crippen LogP contribution < -0.4 is 10.9 Å². The van der Waals surface area contributed by atoms with E-state index in [1.54, 1.807) is 36.8 Å². The van der Waals surface area contributed by atoms with Gasteiger partial charge in [0, 0.05) is 35.9 Å². The predicted molar refractivity (Wildman–Crippen MR) is 75.9 cm³/mol. The molecule has 1 amide bonds. The van der Waals surface area contributed by atoms with Crippen LogP contribution >= 0.6 is 15.9 Å². The molecule has 1 N–H and O–H groups in total. The first kappa shape index (κ1) is 13.5. The molecule has 2 rings (SSSR count). The maximum absolute atomic E-state index is 11.7. The number of amides is 1. The SMILES string of the molecule is O=C(CCn1cc(Br)ccc1=O)Nc1cccnc1. The van der Waals surface area contributed by atoms with Crippen LogP contribution in [-0.4, -0.2) is 15.5 Å². The van der Waals surface area contributed by atoms with Crippen LogP contribution in [0.25, 0.3) is 0 Å². The van der Waals surface area contributed by atoms with Crippen LogP contribution in [0.1, 0.15) is 6.42 Å². The Balaban J connectivity index is 1.94. The summed E-state index contributed by atoms with van der Waals surface area (Å²) in [7, 11) is 0. The van der Waals surface area contributed by atoms with Crippen molar-refractivity contribution >= 4 is 27.5 Å². The summed E-state index contributed by atoms with van der Waals surface area (Å²) in [5.41, 5.74) is 0.520. The standard InChI is InChI=1S/C13H12BrN3O2/c14-10-3-4-13(19)17(9-10)7-5-12(18)16-11-2-1-6-15-8-11/h1-4,6,8-9H,5,7H2,(H,16,18). The van der Waals surface area contributed by atoms with Gasteiger partial charge < -0.3 is 9.88 Å². The summed E-state index contributed by atoms with van der Waals surface area (Å²) in [5.74, 6) is -0.153. The molecule has 0 aliphatic carbocycles. The number of nitrogens with one attached hydrogen (secondary N) is 1. The minimum absolute atomic E-state index is 0.127. The molecular formula is C13H12BrN3O2. The van der Waals surface area contributed by atoms with E-state index in [0.717, 1.165) is 4.47 Å². The van der Waals surface area contributed by atoms with Crippen molar-refractivity contribution in [2.45, 2.75) is 13.0 Å². The smallest absolute Gasteiger partial charge is 0.250 e. The van der Waals surface area contributed by atoms with Crippen molar-refractivity contribution in [2.24, 2.45) is 0 Å². The lowest BCUT2D eigenvalue weighted by molar-refractivity contribution is -0.116. The second kappa shape index (κ2) is 6.29. The van der Waals surface area contributed by atoms with Crippen molar-refractivity contribution in [1.82, 2.24) is 9.55 Å². The van der Waals surface area contributed by atoms with Gasteiger partial charge in [0.05, 0.1) is 11.9 Å². The molecule has 0 unspecified atom stereocenters. The van der Waals surface area contributed by atoms with Crippen molar-refractivity contribution in [3.05, 3.63) is 57.7 Å². The number of halogens is 1. The fraction of sp³-hybridized carbons (Fsp3) is 0.154. The Hall–Kier alpha value is -1.95. The maximum atomic E-state index is 11.7. The first-order chi connectivity index (χ1) is 9.15. The fourth-order valence-corrected chi connectivity index (χ4v) is 1.94. The van der Waals surface area contributed by atoms with Crippen molar-refractivity contribution in [3.63, 3.8) is 0 Å². The zero-order valence-corrected chi connectivity index (χ0v) is 11.6. The first-order valence-corrected chi connectivity index (χ1v) is 6.50. The molecule has 2 heterocycles. The molecule has 0 spiro atoms. The molecule has 98 valence electrons. The molecule has 0 radical (unpaired) electrons. The molecule has 2 aromatic rings. The van der Waals surface area contributed by atoms with E-state index in [1.807, 2.05) is 0 Å². The topological polar surface area (TPSA) is 64.0 Å². The summed E-state index contributed by atoms with van der Waals surface area (Å²) in [5, 5.41) is 2.72. The molecule has 0 aliphatic heterocycles.